The average Bonchev–Trinajstić information content (AvgIpc) is 2.91. The first-order valence-electron chi connectivity index (χ1n) is 7.51. The van der Waals surface area contributed by atoms with Gasteiger partial charge in [-0.25, -0.2) is 4.98 Å². The second-order valence-corrected chi connectivity index (χ2v) is 5.85. The molecule has 21 heavy (non-hydrogen) atoms. The highest BCUT2D eigenvalue weighted by Crippen LogP contribution is 2.18. The number of hydrogen-bond acceptors (Lipinski definition) is 3. The molecule has 1 aliphatic heterocycles. The summed E-state index contributed by atoms with van der Waals surface area (Å²) in [6.45, 7) is 3.87. The van der Waals surface area contributed by atoms with Gasteiger partial charge < -0.3 is 14.6 Å². The number of amides is 1. The van der Waals surface area contributed by atoms with Gasteiger partial charge in [-0.2, -0.15) is 0 Å². The van der Waals surface area contributed by atoms with Gasteiger partial charge in [0.2, 0.25) is 5.91 Å². The molecular weight excluding hydrogens is 266 g/mol. The second-order valence-electron chi connectivity index (χ2n) is 5.85. The number of nitrogens with zero attached hydrogens (tertiary/aromatic N) is 3. The van der Waals surface area contributed by atoms with E-state index in [9.17, 15) is 9.90 Å². The third-order valence-electron chi connectivity index (χ3n) is 4.37. The van der Waals surface area contributed by atoms with Crippen LogP contribution in [0.1, 0.15) is 19.8 Å². The molecule has 1 saturated heterocycles. The molecule has 5 nitrogen and oxygen atoms in total. The zero-order valence-corrected chi connectivity index (χ0v) is 12.3. The van der Waals surface area contributed by atoms with Crippen LogP contribution in [0.4, 0.5) is 0 Å². The van der Waals surface area contributed by atoms with Crippen LogP contribution in [-0.4, -0.2) is 44.7 Å². The number of rotatable bonds is 3. The van der Waals surface area contributed by atoms with E-state index in [1.807, 2.05) is 35.8 Å². The first kappa shape index (κ1) is 14.1. The van der Waals surface area contributed by atoms with Crippen molar-refractivity contribution in [1.82, 2.24) is 14.5 Å². The lowest BCUT2D eigenvalue weighted by atomic mass is 9.96. The number of aryl methyl sites for hydroxylation is 1. The lowest BCUT2D eigenvalue weighted by Crippen LogP contribution is -2.46. The first-order valence-corrected chi connectivity index (χ1v) is 7.51. The fraction of sp³-hybridized carbons (Fsp3) is 0.500. The highest BCUT2D eigenvalue weighted by molar-refractivity contribution is 5.77. The summed E-state index contributed by atoms with van der Waals surface area (Å²) in [7, 11) is 0. The van der Waals surface area contributed by atoms with Gasteiger partial charge in [0.1, 0.15) is 0 Å². The number of β-amino-alcohol motifs (C(OH)–C–C–N with tert-alkyl or cyclic N) is 1. The van der Waals surface area contributed by atoms with Crippen LogP contribution < -0.4 is 0 Å². The molecule has 1 aromatic heterocycles. The highest BCUT2D eigenvalue weighted by atomic mass is 16.3. The van der Waals surface area contributed by atoms with E-state index in [0.717, 1.165) is 24.0 Å². The van der Waals surface area contributed by atoms with Crippen molar-refractivity contribution in [2.24, 2.45) is 5.92 Å². The lowest BCUT2D eigenvalue weighted by molar-refractivity contribution is -0.135. The third kappa shape index (κ3) is 2.93. The molecule has 112 valence electrons. The van der Waals surface area contributed by atoms with Crippen molar-refractivity contribution in [3.05, 3.63) is 30.6 Å². The molecule has 3 rings (SSSR count). The van der Waals surface area contributed by atoms with E-state index in [1.165, 1.54) is 0 Å². The van der Waals surface area contributed by atoms with E-state index in [-0.39, 0.29) is 11.8 Å². The Morgan fingerprint density at radius 3 is 3.05 bits per heavy atom. The van der Waals surface area contributed by atoms with E-state index in [4.69, 9.17) is 0 Å². The van der Waals surface area contributed by atoms with Crippen LogP contribution in [0.25, 0.3) is 11.0 Å². The Bertz CT molecular complexity index is 637. The number of piperidine rings is 1. The summed E-state index contributed by atoms with van der Waals surface area (Å²) < 4.78 is 2.01. The molecule has 2 unspecified atom stereocenters. The highest BCUT2D eigenvalue weighted by Gasteiger charge is 2.26. The van der Waals surface area contributed by atoms with Crippen molar-refractivity contribution < 1.29 is 9.90 Å². The molecular formula is C16H21N3O2. The molecule has 1 N–H and O–H groups in total. The predicted octanol–water partition coefficient (Wildman–Crippen LogP) is 1.66. The maximum absolute atomic E-state index is 12.3. The normalized spacial score (nSPS) is 22.7. The Morgan fingerprint density at radius 2 is 2.24 bits per heavy atom. The third-order valence-corrected chi connectivity index (χ3v) is 4.37. The van der Waals surface area contributed by atoms with Crippen LogP contribution in [0.5, 0.6) is 0 Å². The fourth-order valence-corrected chi connectivity index (χ4v) is 2.84. The molecule has 1 fully saturated rings. The number of aliphatic hydroxyl groups excluding tert-OH is 1. The zero-order valence-electron chi connectivity index (χ0n) is 12.3. The monoisotopic (exact) mass is 287 g/mol. The van der Waals surface area contributed by atoms with Crippen LogP contribution in [0.15, 0.2) is 30.6 Å². The van der Waals surface area contributed by atoms with Gasteiger partial charge in [0.05, 0.1) is 23.5 Å². The van der Waals surface area contributed by atoms with Gasteiger partial charge in [0, 0.05) is 26.1 Å². The van der Waals surface area contributed by atoms with Gasteiger partial charge >= 0.3 is 0 Å². The van der Waals surface area contributed by atoms with Crippen molar-refractivity contribution in [2.75, 3.05) is 13.1 Å². The summed E-state index contributed by atoms with van der Waals surface area (Å²) >= 11 is 0. The largest absolute Gasteiger partial charge is 0.391 e. The van der Waals surface area contributed by atoms with Crippen molar-refractivity contribution >= 4 is 16.9 Å². The van der Waals surface area contributed by atoms with Crippen molar-refractivity contribution in [1.29, 1.82) is 0 Å². The standard InChI is InChI=1S/C16H21N3O2/c1-12-6-8-18(10-15(12)20)16(21)7-9-19-11-17-13-4-2-3-5-14(13)19/h2-5,11-12,15,20H,6-10H2,1H3. The second kappa shape index (κ2) is 5.85. The quantitative estimate of drug-likeness (QED) is 0.934. The van der Waals surface area contributed by atoms with Crippen LogP contribution in [0.3, 0.4) is 0 Å². The van der Waals surface area contributed by atoms with Gasteiger partial charge in [0.15, 0.2) is 0 Å². The molecule has 0 bridgehead atoms. The maximum Gasteiger partial charge on any atom is 0.224 e. The fourth-order valence-electron chi connectivity index (χ4n) is 2.84. The number of fused-ring (bicyclic) bond motifs is 1. The van der Waals surface area contributed by atoms with E-state index in [1.54, 1.807) is 11.2 Å². The number of hydrogen-bond donors (Lipinski definition) is 1. The molecule has 5 heteroatoms. The number of benzene rings is 1. The predicted molar refractivity (Wildman–Crippen MR) is 80.7 cm³/mol. The number of carbonyl (C=O) groups is 1. The van der Waals surface area contributed by atoms with Crippen LogP contribution in [0.2, 0.25) is 0 Å². The minimum absolute atomic E-state index is 0.110. The Labute approximate surface area is 124 Å². The molecule has 0 saturated carbocycles. The van der Waals surface area contributed by atoms with Gasteiger partial charge in [-0.05, 0) is 24.5 Å². The summed E-state index contributed by atoms with van der Waals surface area (Å²) in [5, 5.41) is 9.88. The Kier molecular flexibility index (Phi) is 3.92. The molecule has 1 aliphatic rings. The molecule has 2 heterocycles. The van der Waals surface area contributed by atoms with E-state index in [0.29, 0.717) is 19.5 Å². The van der Waals surface area contributed by atoms with Crippen LogP contribution in [0, 0.1) is 5.92 Å². The summed E-state index contributed by atoms with van der Waals surface area (Å²) in [4.78, 5) is 18.4. The van der Waals surface area contributed by atoms with Crippen molar-refractivity contribution in [3.8, 4) is 0 Å². The molecule has 1 amide bonds. The van der Waals surface area contributed by atoms with Crippen LogP contribution in [-0.2, 0) is 11.3 Å². The molecule has 0 radical (unpaired) electrons. The number of para-hydroxylation sites is 2. The van der Waals surface area contributed by atoms with Crippen LogP contribution >= 0.6 is 0 Å². The van der Waals surface area contributed by atoms with E-state index >= 15 is 0 Å². The number of imidazole rings is 1. The van der Waals surface area contributed by atoms with Crippen molar-refractivity contribution in [2.45, 2.75) is 32.4 Å². The Balaban J connectivity index is 1.61. The summed E-state index contributed by atoms with van der Waals surface area (Å²) in [5.74, 6) is 0.394. The number of carbonyl (C=O) groups excluding carboxylic acids is 1. The van der Waals surface area contributed by atoms with Gasteiger partial charge in [-0.3, -0.25) is 4.79 Å². The summed E-state index contributed by atoms with van der Waals surface area (Å²) in [6.07, 6.45) is 2.71. The van der Waals surface area contributed by atoms with Gasteiger partial charge in [0.25, 0.3) is 0 Å². The molecule has 2 atom stereocenters. The molecule has 2 aromatic rings. The van der Waals surface area contributed by atoms with E-state index in [2.05, 4.69) is 4.98 Å². The molecule has 1 aromatic carbocycles. The minimum atomic E-state index is -0.392. The van der Waals surface area contributed by atoms with Crippen molar-refractivity contribution in [3.63, 3.8) is 0 Å². The topological polar surface area (TPSA) is 58.4 Å². The Morgan fingerprint density at radius 1 is 1.43 bits per heavy atom. The summed E-state index contributed by atoms with van der Waals surface area (Å²) in [5.41, 5.74) is 2.00. The number of aromatic nitrogens is 2. The minimum Gasteiger partial charge on any atom is -0.391 e. The molecule has 0 spiro atoms. The lowest BCUT2D eigenvalue weighted by Gasteiger charge is -2.34. The zero-order chi connectivity index (χ0) is 14.8. The van der Waals surface area contributed by atoms with E-state index < -0.39 is 6.10 Å². The summed E-state index contributed by atoms with van der Waals surface area (Å²) in [6, 6.07) is 7.92. The number of likely N-dealkylation sites (tertiary alicyclic amines) is 1. The van der Waals surface area contributed by atoms with Gasteiger partial charge in [-0.1, -0.05) is 19.1 Å². The first-order chi connectivity index (χ1) is 10.1. The SMILES string of the molecule is CC1CCN(C(=O)CCn2cnc3ccccc32)CC1O. The average molecular weight is 287 g/mol. The van der Waals surface area contributed by atoms with Gasteiger partial charge in [-0.15, -0.1) is 0 Å². The smallest absolute Gasteiger partial charge is 0.224 e. The molecule has 0 aliphatic carbocycles. The maximum atomic E-state index is 12.3. The Hall–Kier alpha value is -1.88. The number of aliphatic hydroxyl groups is 1.